The summed E-state index contributed by atoms with van der Waals surface area (Å²) in [6, 6.07) is 0. The Kier molecular flexibility index (Phi) is 3.25. The van der Waals surface area contributed by atoms with E-state index in [1.54, 1.807) is 0 Å². The molecule has 0 aromatic carbocycles. The summed E-state index contributed by atoms with van der Waals surface area (Å²) < 4.78 is 14.7. The number of hydrogen-bond acceptors (Lipinski definition) is 5. The number of carbonyl (C=O) groups is 1. The van der Waals surface area contributed by atoms with E-state index < -0.39 is 5.97 Å². The van der Waals surface area contributed by atoms with Crippen LogP contribution < -0.4 is 0 Å². The van der Waals surface area contributed by atoms with Crippen molar-refractivity contribution in [3.8, 4) is 0 Å². The van der Waals surface area contributed by atoms with E-state index in [1.807, 2.05) is 0 Å². The molecule has 1 rings (SSSR count). The molecule has 0 spiro atoms. The first-order chi connectivity index (χ1) is 6.09. The molecule has 0 aromatic heterocycles. The van der Waals surface area contributed by atoms with Gasteiger partial charge in [0.25, 0.3) is 5.95 Å². The third kappa shape index (κ3) is 3.02. The van der Waals surface area contributed by atoms with Crippen LogP contribution in [0.15, 0.2) is 24.0 Å². The van der Waals surface area contributed by atoms with Gasteiger partial charge >= 0.3 is 5.97 Å². The van der Waals surface area contributed by atoms with Crippen LogP contribution in [0, 0.1) is 0 Å². The highest BCUT2D eigenvalue weighted by Crippen LogP contribution is 2.13. The Morgan fingerprint density at radius 1 is 1.77 bits per heavy atom. The molecule has 0 amide bonds. The Bertz CT molecular complexity index is 249. The van der Waals surface area contributed by atoms with Crippen molar-refractivity contribution in [1.82, 2.24) is 0 Å². The lowest BCUT2D eigenvalue weighted by molar-refractivity contribution is -0.140. The normalized spacial score (nSPS) is 20.4. The van der Waals surface area contributed by atoms with Crippen molar-refractivity contribution >= 4 is 18.6 Å². The molecule has 1 atom stereocenters. The molecule has 1 aliphatic rings. The lowest BCUT2D eigenvalue weighted by atomic mass is 10.4. The lowest BCUT2D eigenvalue weighted by Crippen LogP contribution is -2.20. The van der Waals surface area contributed by atoms with E-state index in [1.165, 1.54) is 0 Å². The largest absolute Gasteiger partial charge is 0.462 e. The predicted molar refractivity (Wildman–Crippen MR) is 49.1 cm³/mol. The van der Waals surface area contributed by atoms with Gasteiger partial charge in [0.15, 0.2) is 6.10 Å². The first-order valence-corrected chi connectivity index (χ1v) is 4.07. The monoisotopic (exact) mass is 202 g/mol. The zero-order chi connectivity index (χ0) is 9.84. The number of carbonyl (C=O) groups excluding carboxylic acids is 1. The second-order valence-electron chi connectivity index (χ2n) is 2.47. The summed E-state index contributed by atoms with van der Waals surface area (Å²) in [5, 5.41) is 0. The molecular weight excluding hydrogens is 192 g/mol. The van der Waals surface area contributed by atoms with Gasteiger partial charge in [0.2, 0.25) is 0 Å². The molecule has 0 N–H and O–H groups in total. The van der Waals surface area contributed by atoms with E-state index in [9.17, 15) is 4.79 Å². The topological polar surface area (TPSA) is 44.8 Å². The van der Waals surface area contributed by atoms with Crippen LogP contribution in [0.4, 0.5) is 0 Å². The fourth-order valence-corrected chi connectivity index (χ4v) is 0.838. The maximum absolute atomic E-state index is 10.9. The van der Waals surface area contributed by atoms with Gasteiger partial charge in [-0.05, 0) is 6.58 Å². The highest BCUT2D eigenvalue weighted by Gasteiger charge is 2.22. The third-order valence-corrected chi connectivity index (χ3v) is 1.55. The van der Waals surface area contributed by atoms with Crippen LogP contribution >= 0.6 is 12.6 Å². The van der Waals surface area contributed by atoms with Crippen LogP contribution in [0.3, 0.4) is 0 Å². The van der Waals surface area contributed by atoms with Crippen LogP contribution in [0.25, 0.3) is 0 Å². The Hall–Kier alpha value is -1.10. The highest BCUT2D eigenvalue weighted by atomic mass is 32.1. The summed E-state index contributed by atoms with van der Waals surface area (Å²) >= 11 is 3.73. The molecule has 0 aliphatic carbocycles. The van der Waals surface area contributed by atoms with Gasteiger partial charge in [0.1, 0.15) is 13.2 Å². The van der Waals surface area contributed by atoms with Gasteiger partial charge in [-0.1, -0.05) is 6.58 Å². The van der Waals surface area contributed by atoms with Crippen LogP contribution in [0.5, 0.6) is 0 Å². The Morgan fingerprint density at radius 2 is 2.46 bits per heavy atom. The number of hydrogen-bond donors (Lipinski definition) is 1. The second kappa shape index (κ2) is 4.23. The van der Waals surface area contributed by atoms with E-state index >= 15 is 0 Å². The molecule has 72 valence electrons. The summed E-state index contributed by atoms with van der Waals surface area (Å²) in [5.41, 5.74) is 0. The molecule has 5 heteroatoms. The molecule has 1 saturated heterocycles. The molecule has 1 aliphatic heterocycles. The van der Waals surface area contributed by atoms with Gasteiger partial charge in [0, 0.05) is 0 Å². The van der Waals surface area contributed by atoms with E-state index in [0.29, 0.717) is 6.61 Å². The van der Waals surface area contributed by atoms with Crippen molar-refractivity contribution in [1.29, 1.82) is 0 Å². The van der Waals surface area contributed by atoms with E-state index in [-0.39, 0.29) is 23.6 Å². The van der Waals surface area contributed by atoms with Crippen molar-refractivity contribution in [2.45, 2.75) is 6.10 Å². The fourth-order valence-electron chi connectivity index (χ4n) is 0.774. The zero-order valence-electron chi connectivity index (χ0n) is 6.99. The van der Waals surface area contributed by atoms with Crippen LogP contribution in [-0.2, 0) is 19.0 Å². The van der Waals surface area contributed by atoms with Crippen LogP contribution in [0.2, 0.25) is 0 Å². The maximum Gasteiger partial charge on any atom is 0.343 e. The molecule has 0 bridgehead atoms. The minimum atomic E-state index is -0.551. The van der Waals surface area contributed by atoms with Crippen molar-refractivity contribution in [2.24, 2.45) is 0 Å². The van der Waals surface area contributed by atoms with E-state index in [0.717, 1.165) is 0 Å². The molecule has 1 fully saturated rings. The average Bonchev–Trinajstić information content (AvgIpc) is 2.47. The first-order valence-electron chi connectivity index (χ1n) is 3.63. The van der Waals surface area contributed by atoms with Gasteiger partial charge in [-0.25, -0.2) is 4.79 Å². The summed E-state index contributed by atoms with van der Waals surface area (Å²) in [6.45, 7) is 7.24. The molecule has 1 unspecified atom stereocenters. The molecule has 13 heavy (non-hydrogen) atoms. The Labute approximate surface area is 81.6 Å². The van der Waals surface area contributed by atoms with E-state index in [2.05, 4.69) is 25.8 Å². The fraction of sp³-hybridized carbons (Fsp3) is 0.375. The highest BCUT2D eigenvalue weighted by molar-refractivity contribution is 7.85. The first kappa shape index (κ1) is 9.98. The molecular formula is C8H10O4S. The van der Waals surface area contributed by atoms with Gasteiger partial charge in [-0.2, -0.15) is 0 Å². The molecule has 0 radical (unpaired) electrons. The van der Waals surface area contributed by atoms with Crippen LogP contribution in [-0.4, -0.2) is 25.3 Å². The van der Waals surface area contributed by atoms with Crippen LogP contribution in [0.1, 0.15) is 0 Å². The SMILES string of the molecule is C=C1OCC(COC(=O)C(=C)S)O1. The smallest absolute Gasteiger partial charge is 0.343 e. The van der Waals surface area contributed by atoms with Crippen molar-refractivity contribution in [2.75, 3.05) is 13.2 Å². The van der Waals surface area contributed by atoms with Gasteiger partial charge in [-0.15, -0.1) is 12.6 Å². The average molecular weight is 202 g/mol. The van der Waals surface area contributed by atoms with Crippen molar-refractivity contribution in [3.63, 3.8) is 0 Å². The van der Waals surface area contributed by atoms with Crippen molar-refractivity contribution in [3.05, 3.63) is 24.0 Å². The van der Waals surface area contributed by atoms with Crippen molar-refractivity contribution < 1.29 is 19.0 Å². The number of rotatable bonds is 3. The molecule has 0 saturated carbocycles. The standard InChI is InChI=1S/C8H10O4S/c1-5(13)8(9)11-4-7-3-10-6(2)12-7/h7,13H,1-4H2. The number of esters is 1. The van der Waals surface area contributed by atoms with Gasteiger partial charge in [0.05, 0.1) is 4.91 Å². The number of ether oxygens (including phenoxy) is 3. The summed E-state index contributed by atoms with van der Waals surface area (Å²) in [7, 11) is 0. The second-order valence-corrected chi connectivity index (χ2v) is 3.01. The quantitative estimate of drug-likeness (QED) is 0.419. The summed E-state index contributed by atoms with van der Waals surface area (Å²) in [5.74, 6) is -0.296. The Balaban J connectivity index is 2.23. The number of thiol groups is 1. The lowest BCUT2D eigenvalue weighted by Gasteiger charge is -2.07. The Morgan fingerprint density at radius 3 is 2.92 bits per heavy atom. The maximum atomic E-state index is 10.9. The minimum Gasteiger partial charge on any atom is -0.462 e. The zero-order valence-corrected chi connectivity index (χ0v) is 7.88. The molecule has 0 aromatic rings. The summed E-state index contributed by atoms with van der Waals surface area (Å²) in [6.07, 6.45) is -0.274. The molecule has 4 nitrogen and oxygen atoms in total. The van der Waals surface area contributed by atoms with Gasteiger partial charge < -0.3 is 14.2 Å². The van der Waals surface area contributed by atoms with Gasteiger partial charge in [-0.3, -0.25) is 0 Å². The molecule has 1 heterocycles. The minimum absolute atomic E-state index is 0.0674. The van der Waals surface area contributed by atoms with E-state index in [4.69, 9.17) is 14.2 Å². The predicted octanol–water partition coefficient (Wildman–Crippen LogP) is 0.860. The third-order valence-electron chi connectivity index (χ3n) is 1.36. The summed E-state index contributed by atoms with van der Waals surface area (Å²) in [4.78, 5) is 10.9.